The summed E-state index contributed by atoms with van der Waals surface area (Å²) < 4.78 is 5.26. The number of aromatic nitrogens is 1. The minimum absolute atomic E-state index is 0.203. The smallest absolute Gasteiger partial charge is 0.348 e. The van der Waals surface area contributed by atoms with Gasteiger partial charge < -0.3 is 4.42 Å². The first-order valence-electron chi connectivity index (χ1n) is 5.87. The van der Waals surface area contributed by atoms with Crippen molar-refractivity contribution in [1.29, 1.82) is 0 Å². The Morgan fingerprint density at radius 1 is 1.41 bits per heavy atom. The number of thiophene rings is 1. The number of aryl methyl sites for hydroxylation is 2. The molecule has 0 atom stereocenters. The molecule has 1 aliphatic rings. The summed E-state index contributed by atoms with van der Waals surface area (Å²) in [6.07, 6.45) is 4.49. The lowest BCUT2D eigenvalue weighted by atomic mass is 9.97. The summed E-state index contributed by atoms with van der Waals surface area (Å²) in [5.41, 5.74) is 0.996. The van der Waals surface area contributed by atoms with Gasteiger partial charge in [0.25, 0.3) is 5.22 Å². The van der Waals surface area contributed by atoms with E-state index in [2.05, 4.69) is 4.98 Å². The van der Waals surface area contributed by atoms with Gasteiger partial charge in [0.1, 0.15) is 10.2 Å². The molecular weight excluding hydrogens is 254 g/mol. The van der Waals surface area contributed by atoms with Crippen molar-refractivity contribution in [3.63, 3.8) is 0 Å². The van der Waals surface area contributed by atoms with Crippen LogP contribution < -0.4 is 5.63 Å². The van der Waals surface area contributed by atoms with E-state index in [9.17, 15) is 4.79 Å². The molecule has 3 nitrogen and oxygen atoms in total. The molecule has 2 heterocycles. The molecule has 3 rings (SSSR count). The van der Waals surface area contributed by atoms with Crippen molar-refractivity contribution < 1.29 is 4.42 Å². The Bertz CT molecular complexity index is 615. The standard InChI is InChI=1S/C12H13NO2S2/c1-2-16-12-13-10-9(11(14)15-12)7-5-3-4-6-8(7)17-10/h2-6H2,1H3. The molecule has 2 aromatic rings. The Morgan fingerprint density at radius 2 is 2.24 bits per heavy atom. The molecule has 0 unspecified atom stereocenters. The Labute approximate surface area is 107 Å². The largest absolute Gasteiger partial charge is 0.397 e. The predicted molar refractivity (Wildman–Crippen MR) is 71.2 cm³/mol. The van der Waals surface area contributed by atoms with E-state index in [4.69, 9.17) is 4.42 Å². The van der Waals surface area contributed by atoms with Crippen molar-refractivity contribution in [2.24, 2.45) is 0 Å². The summed E-state index contributed by atoms with van der Waals surface area (Å²) in [5.74, 6) is 0.868. The van der Waals surface area contributed by atoms with Crippen molar-refractivity contribution in [1.82, 2.24) is 4.98 Å². The predicted octanol–water partition coefficient (Wildman–Crippen LogP) is 3.24. The van der Waals surface area contributed by atoms with Crippen molar-refractivity contribution in [3.05, 3.63) is 20.9 Å². The topological polar surface area (TPSA) is 43.1 Å². The second-order valence-electron chi connectivity index (χ2n) is 4.09. The van der Waals surface area contributed by atoms with Crippen molar-refractivity contribution >= 4 is 33.3 Å². The summed E-state index contributed by atoms with van der Waals surface area (Å²) >= 11 is 3.15. The van der Waals surface area contributed by atoms with Crippen LogP contribution in [-0.4, -0.2) is 10.7 Å². The van der Waals surface area contributed by atoms with Crippen LogP contribution in [0.3, 0.4) is 0 Å². The van der Waals surface area contributed by atoms with E-state index in [0.29, 0.717) is 5.22 Å². The molecule has 0 saturated heterocycles. The normalized spacial score (nSPS) is 15.1. The highest BCUT2D eigenvalue weighted by Gasteiger charge is 2.20. The van der Waals surface area contributed by atoms with Crippen LogP contribution in [0.1, 0.15) is 30.2 Å². The fraction of sp³-hybridized carbons (Fsp3) is 0.500. The van der Waals surface area contributed by atoms with Gasteiger partial charge in [-0.25, -0.2) is 4.79 Å². The minimum atomic E-state index is -0.203. The van der Waals surface area contributed by atoms with Gasteiger partial charge in [0.2, 0.25) is 0 Å². The van der Waals surface area contributed by atoms with Gasteiger partial charge >= 0.3 is 5.63 Å². The number of rotatable bonds is 2. The van der Waals surface area contributed by atoms with Crippen LogP contribution in [0.2, 0.25) is 0 Å². The Morgan fingerprint density at radius 3 is 3.06 bits per heavy atom. The first-order chi connectivity index (χ1) is 8.29. The van der Waals surface area contributed by atoms with Gasteiger partial charge in [-0.1, -0.05) is 18.7 Å². The first-order valence-corrected chi connectivity index (χ1v) is 7.68. The van der Waals surface area contributed by atoms with E-state index in [-0.39, 0.29) is 5.63 Å². The van der Waals surface area contributed by atoms with E-state index >= 15 is 0 Å². The molecule has 17 heavy (non-hydrogen) atoms. The van der Waals surface area contributed by atoms with Crippen LogP contribution in [0.15, 0.2) is 14.4 Å². The average molecular weight is 267 g/mol. The van der Waals surface area contributed by atoms with Gasteiger partial charge in [-0.05, 0) is 37.0 Å². The minimum Gasteiger partial charge on any atom is -0.397 e. The van der Waals surface area contributed by atoms with Crippen LogP contribution in [0.25, 0.3) is 10.2 Å². The maximum absolute atomic E-state index is 12.0. The molecule has 0 bridgehead atoms. The van der Waals surface area contributed by atoms with E-state index in [1.54, 1.807) is 11.3 Å². The van der Waals surface area contributed by atoms with E-state index in [1.807, 2.05) is 6.92 Å². The molecule has 5 heteroatoms. The Balaban J connectivity index is 2.23. The number of thioether (sulfide) groups is 1. The maximum Gasteiger partial charge on any atom is 0.348 e. The zero-order valence-electron chi connectivity index (χ0n) is 9.62. The van der Waals surface area contributed by atoms with Gasteiger partial charge in [-0.3, -0.25) is 0 Å². The van der Waals surface area contributed by atoms with Crippen molar-refractivity contribution in [2.45, 2.75) is 37.8 Å². The quantitative estimate of drug-likeness (QED) is 0.783. The maximum atomic E-state index is 12.0. The lowest BCUT2D eigenvalue weighted by Crippen LogP contribution is -2.06. The van der Waals surface area contributed by atoms with E-state index < -0.39 is 0 Å². The number of hydrogen-bond donors (Lipinski definition) is 0. The average Bonchev–Trinajstić information content (AvgIpc) is 2.67. The summed E-state index contributed by atoms with van der Waals surface area (Å²) in [4.78, 5) is 18.6. The summed E-state index contributed by atoms with van der Waals surface area (Å²) in [6, 6.07) is 0. The highest BCUT2D eigenvalue weighted by Crippen LogP contribution is 2.34. The fourth-order valence-electron chi connectivity index (χ4n) is 2.26. The zero-order chi connectivity index (χ0) is 11.8. The first kappa shape index (κ1) is 11.3. The Hall–Kier alpha value is -0.810. The second kappa shape index (κ2) is 4.46. The second-order valence-corrected chi connectivity index (χ2v) is 6.39. The molecule has 0 spiro atoms. The van der Waals surface area contributed by atoms with E-state index in [1.165, 1.54) is 35.0 Å². The van der Waals surface area contributed by atoms with Gasteiger partial charge in [0.05, 0.1) is 0 Å². The third-order valence-electron chi connectivity index (χ3n) is 3.00. The van der Waals surface area contributed by atoms with Crippen LogP contribution in [-0.2, 0) is 12.8 Å². The molecule has 90 valence electrons. The third-order valence-corrected chi connectivity index (χ3v) is 4.89. The van der Waals surface area contributed by atoms with Crippen LogP contribution >= 0.6 is 23.1 Å². The highest BCUT2D eigenvalue weighted by molar-refractivity contribution is 7.99. The molecule has 0 amide bonds. The van der Waals surface area contributed by atoms with Crippen molar-refractivity contribution in [3.8, 4) is 0 Å². The Kier molecular flexibility index (Phi) is 2.96. The van der Waals surface area contributed by atoms with Gasteiger partial charge in [-0.15, -0.1) is 11.3 Å². The lowest BCUT2D eigenvalue weighted by molar-refractivity contribution is 0.401. The molecule has 0 aromatic carbocycles. The molecule has 0 fully saturated rings. The van der Waals surface area contributed by atoms with Gasteiger partial charge in [-0.2, -0.15) is 4.98 Å². The molecule has 1 aliphatic carbocycles. The molecular formula is C12H13NO2S2. The fourth-order valence-corrected chi connectivity index (χ4v) is 4.10. The van der Waals surface area contributed by atoms with E-state index in [0.717, 1.165) is 28.8 Å². The van der Waals surface area contributed by atoms with Crippen LogP contribution in [0.5, 0.6) is 0 Å². The third kappa shape index (κ3) is 1.91. The summed E-state index contributed by atoms with van der Waals surface area (Å²) in [6.45, 7) is 2.02. The van der Waals surface area contributed by atoms with Gasteiger partial charge in [0.15, 0.2) is 0 Å². The SMILES string of the molecule is CCSc1nc2sc3c(c2c(=O)o1)CCCC3. The number of nitrogens with zero attached hydrogens (tertiary/aromatic N) is 1. The number of fused-ring (bicyclic) bond motifs is 3. The molecule has 0 radical (unpaired) electrons. The summed E-state index contributed by atoms with van der Waals surface area (Å²) in [5, 5.41) is 1.24. The lowest BCUT2D eigenvalue weighted by Gasteiger charge is -2.09. The van der Waals surface area contributed by atoms with Gasteiger partial charge in [0, 0.05) is 4.88 Å². The zero-order valence-corrected chi connectivity index (χ0v) is 11.2. The highest BCUT2D eigenvalue weighted by atomic mass is 32.2. The monoisotopic (exact) mass is 267 g/mol. The summed E-state index contributed by atoms with van der Waals surface area (Å²) in [7, 11) is 0. The molecule has 0 N–H and O–H groups in total. The molecule has 2 aromatic heterocycles. The van der Waals surface area contributed by atoms with Crippen molar-refractivity contribution in [2.75, 3.05) is 5.75 Å². The molecule has 0 aliphatic heterocycles. The number of hydrogen-bond acceptors (Lipinski definition) is 5. The molecule has 0 saturated carbocycles. The van der Waals surface area contributed by atoms with Crippen LogP contribution in [0, 0.1) is 0 Å². The van der Waals surface area contributed by atoms with Crippen LogP contribution in [0.4, 0.5) is 0 Å².